The van der Waals surface area contributed by atoms with Crippen LogP contribution >= 0.6 is 22.9 Å². The number of hydrogen-bond donors (Lipinski definition) is 1. The van der Waals surface area contributed by atoms with Gasteiger partial charge < -0.3 is 14.4 Å². The SMILES string of the molecule is COc1cccc(-c2csc(N=Nc3c(O)n4c5c(cc(F)cc35)C(C)(c3ccc(Cl)cc3)CC4(C)C)n2)c1. The zero-order valence-corrected chi connectivity index (χ0v) is 23.4. The van der Waals surface area contributed by atoms with Crippen molar-refractivity contribution < 1.29 is 14.2 Å². The zero-order valence-electron chi connectivity index (χ0n) is 21.9. The third-order valence-electron chi connectivity index (χ3n) is 7.54. The molecule has 1 N–H and O–H groups in total. The van der Waals surface area contributed by atoms with Crippen molar-refractivity contribution in [2.45, 2.75) is 38.1 Å². The molecule has 0 spiro atoms. The fourth-order valence-corrected chi connectivity index (χ4v) is 6.67. The standard InChI is InChI=1S/C30H26ClFN4O2S/c1-29(2)16-30(3,18-8-10-19(31)11-9-18)23-14-20(32)13-22-25(27(37)36(29)26(22)23)34-35-28-33-24(15-39-28)17-6-5-7-21(12-17)38-4/h5-15,37H,16H2,1-4H3. The number of methoxy groups -OCH3 is 1. The van der Waals surface area contributed by atoms with Crippen molar-refractivity contribution in [3.63, 3.8) is 0 Å². The van der Waals surface area contributed by atoms with Crippen molar-refractivity contribution in [1.29, 1.82) is 0 Å². The van der Waals surface area contributed by atoms with Gasteiger partial charge in [-0.2, -0.15) is 0 Å². The van der Waals surface area contributed by atoms with E-state index >= 15 is 4.39 Å². The molecule has 0 saturated heterocycles. The number of hydrogen-bond acceptors (Lipinski definition) is 6. The highest BCUT2D eigenvalue weighted by Crippen LogP contribution is 2.55. The summed E-state index contributed by atoms with van der Waals surface area (Å²) in [5, 5.41) is 23.6. The molecule has 3 heterocycles. The van der Waals surface area contributed by atoms with Crippen LogP contribution in [0.1, 0.15) is 38.3 Å². The molecule has 5 aromatic rings. The molecule has 6 rings (SSSR count). The Labute approximate surface area is 234 Å². The number of halogens is 2. The Balaban J connectivity index is 1.48. The van der Waals surface area contributed by atoms with Crippen LogP contribution in [0.25, 0.3) is 22.2 Å². The monoisotopic (exact) mass is 560 g/mol. The van der Waals surface area contributed by atoms with Crippen molar-refractivity contribution in [2.75, 3.05) is 7.11 Å². The molecular formula is C30H26ClFN4O2S. The fourth-order valence-electron chi connectivity index (χ4n) is 5.89. The minimum absolute atomic E-state index is 0.0478. The van der Waals surface area contributed by atoms with Crippen LogP contribution in [0.4, 0.5) is 15.2 Å². The first kappa shape index (κ1) is 25.5. The number of rotatable bonds is 5. The molecule has 3 aromatic carbocycles. The number of aromatic nitrogens is 2. The van der Waals surface area contributed by atoms with E-state index in [0.29, 0.717) is 22.0 Å². The fraction of sp³-hybridized carbons (Fsp3) is 0.233. The molecule has 1 aliphatic heterocycles. The third-order valence-corrected chi connectivity index (χ3v) is 8.51. The van der Waals surface area contributed by atoms with E-state index in [1.807, 2.05) is 58.5 Å². The Morgan fingerprint density at radius 2 is 1.85 bits per heavy atom. The second kappa shape index (κ2) is 9.17. The van der Waals surface area contributed by atoms with Crippen molar-refractivity contribution >= 4 is 44.7 Å². The summed E-state index contributed by atoms with van der Waals surface area (Å²) >= 11 is 7.50. The van der Waals surface area contributed by atoms with Gasteiger partial charge in [-0.05, 0) is 67.8 Å². The Bertz CT molecular complexity index is 1760. The smallest absolute Gasteiger partial charge is 0.230 e. The van der Waals surface area contributed by atoms with Crippen LogP contribution in [0, 0.1) is 5.82 Å². The quantitative estimate of drug-likeness (QED) is 0.218. The van der Waals surface area contributed by atoms with Gasteiger partial charge in [-0.1, -0.05) is 42.8 Å². The molecule has 0 amide bonds. The molecule has 0 aliphatic carbocycles. The lowest BCUT2D eigenvalue weighted by atomic mass is 9.66. The summed E-state index contributed by atoms with van der Waals surface area (Å²) in [6.45, 7) is 6.24. The van der Waals surface area contributed by atoms with Gasteiger partial charge in [0.25, 0.3) is 0 Å². The molecule has 0 saturated carbocycles. The van der Waals surface area contributed by atoms with Gasteiger partial charge in [-0.15, -0.1) is 21.6 Å². The highest BCUT2D eigenvalue weighted by Gasteiger charge is 2.45. The molecule has 198 valence electrons. The first-order chi connectivity index (χ1) is 18.6. The minimum atomic E-state index is -0.523. The largest absolute Gasteiger partial charge is 0.497 e. The predicted octanol–water partition coefficient (Wildman–Crippen LogP) is 9.13. The van der Waals surface area contributed by atoms with Crippen LogP contribution in [0.3, 0.4) is 0 Å². The van der Waals surface area contributed by atoms with Crippen LogP contribution in [-0.4, -0.2) is 21.8 Å². The molecular weight excluding hydrogens is 535 g/mol. The van der Waals surface area contributed by atoms with Crippen LogP contribution in [-0.2, 0) is 11.0 Å². The van der Waals surface area contributed by atoms with Gasteiger partial charge in [0.2, 0.25) is 11.0 Å². The first-order valence-electron chi connectivity index (χ1n) is 12.5. The predicted molar refractivity (Wildman–Crippen MR) is 154 cm³/mol. The van der Waals surface area contributed by atoms with Crippen molar-refractivity contribution in [1.82, 2.24) is 9.55 Å². The lowest BCUT2D eigenvalue weighted by Gasteiger charge is -2.45. The summed E-state index contributed by atoms with van der Waals surface area (Å²) in [7, 11) is 1.62. The molecule has 39 heavy (non-hydrogen) atoms. The van der Waals surface area contributed by atoms with Gasteiger partial charge >= 0.3 is 0 Å². The molecule has 0 bridgehead atoms. The number of azo groups is 1. The van der Waals surface area contributed by atoms with E-state index in [1.165, 1.54) is 17.4 Å². The van der Waals surface area contributed by atoms with E-state index in [4.69, 9.17) is 16.3 Å². The third kappa shape index (κ3) is 4.19. The maximum atomic E-state index is 15.2. The number of thiazole rings is 1. The second-order valence-electron chi connectivity index (χ2n) is 10.6. The van der Waals surface area contributed by atoms with Crippen LogP contribution < -0.4 is 4.74 Å². The lowest BCUT2D eigenvalue weighted by molar-refractivity contribution is 0.236. The van der Waals surface area contributed by atoms with Gasteiger partial charge in [0.15, 0.2) is 5.69 Å². The number of ether oxygens (including phenoxy) is 1. The molecule has 2 aromatic heterocycles. The van der Waals surface area contributed by atoms with Gasteiger partial charge in [-0.3, -0.25) is 0 Å². The number of nitrogens with zero attached hydrogens (tertiary/aromatic N) is 4. The second-order valence-corrected chi connectivity index (χ2v) is 11.9. The molecule has 1 aliphatic rings. The number of aromatic hydroxyl groups is 1. The van der Waals surface area contributed by atoms with E-state index in [2.05, 4.69) is 36.0 Å². The highest BCUT2D eigenvalue weighted by molar-refractivity contribution is 7.13. The Hall–Kier alpha value is -3.75. The Morgan fingerprint density at radius 3 is 2.59 bits per heavy atom. The summed E-state index contributed by atoms with van der Waals surface area (Å²) in [5.74, 6) is 0.284. The molecule has 1 unspecified atom stereocenters. The van der Waals surface area contributed by atoms with Gasteiger partial charge in [0.1, 0.15) is 11.6 Å². The van der Waals surface area contributed by atoms with Gasteiger partial charge in [0, 0.05) is 32.3 Å². The first-order valence-corrected chi connectivity index (χ1v) is 13.7. The van der Waals surface area contributed by atoms with Crippen LogP contribution in [0.2, 0.25) is 5.02 Å². The number of benzene rings is 3. The van der Waals surface area contributed by atoms with E-state index < -0.39 is 16.8 Å². The van der Waals surface area contributed by atoms with E-state index in [1.54, 1.807) is 13.2 Å². The van der Waals surface area contributed by atoms with E-state index in [0.717, 1.165) is 33.7 Å². The average Bonchev–Trinajstić information content (AvgIpc) is 3.49. The molecule has 1 atom stereocenters. The summed E-state index contributed by atoms with van der Waals surface area (Å²) < 4.78 is 22.3. The molecule has 9 heteroatoms. The summed E-state index contributed by atoms with van der Waals surface area (Å²) in [6, 6.07) is 18.2. The summed E-state index contributed by atoms with van der Waals surface area (Å²) in [4.78, 5) is 4.58. The zero-order chi connectivity index (χ0) is 27.5. The van der Waals surface area contributed by atoms with E-state index in [-0.39, 0.29) is 11.6 Å². The van der Waals surface area contributed by atoms with Crippen LogP contribution in [0.15, 0.2) is 76.3 Å². The summed E-state index contributed by atoms with van der Waals surface area (Å²) in [6.07, 6.45) is 0.627. The Kier molecular flexibility index (Phi) is 6.00. The van der Waals surface area contributed by atoms with Gasteiger partial charge in [0.05, 0.1) is 18.3 Å². The lowest BCUT2D eigenvalue weighted by Crippen LogP contribution is -2.41. The molecule has 0 radical (unpaired) electrons. The van der Waals surface area contributed by atoms with E-state index in [9.17, 15) is 5.11 Å². The highest BCUT2D eigenvalue weighted by atomic mass is 35.5. The molecule has 6 nitrogen and oxygen atoms in total. The minimum Gasteiger partial charge on any atom is -0.497 e. The van der Waals surface area contributed by atoms with Crippen molar-refractivity contribution in [3.8, 4) is 22.9 Å². The molecule has 0 fully saturated rings. The van der Waals surface area contributed by atoms with Crippen molar-refractivity contribution in [2.24, 2.45) is 10.2 Å². The van der Waals surface area contributed by atoms with Crippen LogP contribution in [0.5, 0.6) is 11.6 Å². The Morgan fingerprint density at radius 1 is 1.08 bits per heavy atom. The summed E-state index contributed by atoms with van der Waals surface area (Å²) in [5.41, 5.74) is 3.38. The maximum absolute atomic E-state index is 15.2. The van der Waals surface area contributed by atoms with Gasteiger partial charge in [-0.25, -0.2) is 9.37 Å². The average molecular weight is 561 g/mol. The normalized spacial score (nSPS) is 18.2. The maximum Gasteiger partial charge on any atom is 0.230 e. The van der Waals surface area contributed by atoms with Crippen molar-refractivity contribution in [3.05, 3.63) is 88.0 Å². The topological polar surface area (TPSA) is 72.0 Å².